The lowest BCUT2D eigenvalue weighted by Crippen LogP contribution is -2.13. The van der Waals surface area contributed by atoms with Gasteiger partial charge < -0.3 is 10.1 Å². The molecule has 1 N–H and O–H groups in total. The van der Waals surface area contributed by atoms with Gasteiger partial charge in [0.2, 0.25) is 0 Å². The Morgan fingerprint density at radius 2 is 1.84 bits per heavy atom. The number of hydrogen-bond donors (Lipinski definition) is 1. The van der Waals surface area contributed by atoms with Gasteiger partial charge in [0.1, 0.15) is 11.6 Å². The summed E-state index contributed by atoms with van der Waals surface area (Å²) in [5, 5.41) is 3.96. The van der Waals surface area contributed by atoms with Gasteiger partial charge in [-0.2, -0.15) is 0 Å². The van der Waals surface area contributed by atoms with Crippen molar-refractivity contribution in [1.29, 1.82) is 0 Å². The van der Waals surface area contributed by atoms with Gasteiger partial charge in [-0.05, 0) is 35.9 Å². The number of nitrogens with one attached hydrogen (secondary N) is 1. The molecule has 19 heavy (non-hydrogen) atoms. The van der Waals surface area contributed by atoms with Gasteiger partial charge in [-0.25, -0.2) is 4.39 Å². The van der Waals surface area contributed by atoms with Crippen LogP contribution in [0.2, 0.25) is 5.02 Å². The first-order chi connectivity index (χ1) is 9.19. The monoisotopic (exact) mass is 279 g/mol. The Bertz CT molecular complexity index is 542. The van der Waals surface area contributed by atoms with Gasteiger partial charge in [0, 0.05) is 23.7 Å². The number of benzene rings is 2. The summed E-state index contributed by atoms with van der Waals surface area (Å²) < 4.78 is 18.0. The maximum Gasteiger partial charge on any atom is 0.123 e. The Balaban J connectivity index is 1.95. The van der Waals surface area contributed by atoms with Crippen LogP contribution in [0.3, 0.4) is 0 Å². The van der Waals surface area contributed by atoms with E-state index in [-0.39, 0.29) is 5.82 Å². The second kappa shape index (κ2) is 6.55. The highest BCUT2D eigenvalue weighted by atomic mass is 35.5. The number of methoxy groups -OCH3 is 1. The molecule has 100 valence electrons. The molecule has 2 rings (SSSR count). The van der Waals surface area contributed by atoms with Gasteiger partial charge >= 0.3 is 0 Å². The molecule has 2 aromatic carbocycles. The first-order valence-electron chi connectivity index (χ1n) is 5.96. The smallest absolute Gasteiger partial charge is 0.123 e. The van der Waals surface area contributed by atoms with Crippen LogP contribution in [0.1, 0.15) is 11.1 Å². The zero-order chi connectivity index (χ0) is 13.7. The third kappa shape index (κ3) is 3.94. The Kier molecular flexibility index (Phi) is 4.77. The van der Waals surface area contributed by atoms with Crippen LogP contribution < -0.4 is 10.1 Å². The topological polar surface area (TPSA) is 21.3 Å². The van der Waals surface area contributed by atoms with Crippen LogP contribution in [-0.4, -0.2) is 7.11 Å². The molecular formula is C15H15ClFNO. The van der Waals surface area contributed by atoms with Gasteiger partial charge in [0.05, 0.1) is 7.11 Å². The molecule has 0 aliphatic carbocycles. The van der Waals surface area contributed by atoms with E-state index in [1.165, 1.54) is 12.1 Å². The second-order valence-electron chi connectivity index (χ2n) is 4.19. The van der Waals surface area contributed by atoms with E-state index in [4.69, 9.17) is 16.3 Å². The lowest BCUT2D eigenvalue weighted by molar-refractivity contribution is 0.407. The minimum absolute atomic E-state index is 0.222. The largest absolute Gasteiger partial charge is 0.496 e. The van der Waals surface area contributed by atoms with Gasteiger partial charge in [0.15, 0.2) is 0 Å². The van der Waals surface area contributed by atoms with Crippen molar-refractivity contribution in [1.82, 2.24) is 5.32 Å². The summed E-state index contributed by atoms with van der Waals surface area (Å²) in [6.07, 6.45) is 0. The van der Waals surface area contributed by atoms with E-state index in [2.05, 4.69) is 5.32 Å². The van der Waals surface area contributed by atoms with Crippen molar-refractivity contribution in [3.8, 4) is 5.75 Å². The predicted octanol–water partition coefficient (Wildman–Crippen LogP) is 3.78. The summed E-state index contributed by atoms with van der Waals surface area (Å²) >= 11 is 5.96. The molecule has 0 unspecified atom stereocenters. The van der Waals surface area contributed by atoms with Crippen molar-refractivity contribution in [2.24, 2.45) is 0 Å². The maximum atomic E-state index is 12.8. The van der Waals surface area contributed by atoms with Gasteiger partial charge in [-0.1, -0.05) is 23.7 Å². The molecule has 0 heterocycles. The predicted molar refractivity (Wildman–Crippen MR) is 74.9 cm³/mol. The Morgan fingerprint density at radius 3 is 2.53 bits per heavy atom. The molecule has 0 bridgehead atoms. The van der Waals surface area contributed by atoms with E-state index < -0.39 is 0 Å². The molecule has 0 amide bonds. The first-order valence-corrected chi connectivity index (χ1v) is 6.34. The molecule has 0 radical (unpaired) electrons. The van der Waals surface area contributed by atoms with Crippen LogP contribution in [-0.2, 0) is 13.1 Å². The fraction of sp³-hybridized carbons (Fsp3) is 0.200. The fourth-order valence-corrected chi connectivity index (χ4v) is 2.02. The Labute approximate surface area is 117 Å². The van der Waals surface area contributed by atoms with Crippen molar-refractivity contribution >= 4 is 11.6 Å². The van der Waals surface area contributed by atoms with E-state index in [0.717, 1.165) is 16.9 Å². The molecule has 0 atom stereocenters. The number of halogens is 2. The summed E-state index contributed by atoms with van der Waals surface area (Å²) in [6.45, 7) is 1.30. The molecule has 2 aromatic rings. The van der Waals surface area contributed by atoms with Crippen LogP contribution in [0, 0.1) is 5.82 Å². The highest BCUT2D eigenvalue weighted by molar-refractivity contribution is 6.30. The van der Waals surface area contributed by atoms with E-state index in [1.54, 1.807) is 25.3 Å². The quantitative estimate of drug-likeness (QED) is 0.899. The van der Waals surface area contributed by atoms with Gasteiger partial charge in [0.25, 0.3) is 0 Å². The normalized spacial score (nSPS) is 10.5. The average Bonchev–Trinajstić information content (AvgIpc) is 2.41. The van der Waals surface area contributed by atoms with E-state index in [0.29, 0.717) is 18.1 Å². The summed E-state index contributed by atoms with van der Waals surface area (Å²) in [6, 6.07) is 11.9. The van der Waals surface area contributed by atoms with Gasteiger partial charge in [-0.15, -0.1) is 0 Å². The lowest BCUT2D eigenvalue weighted by Gasteiger charge is -2.10. The Hall–Kier alpha value is -1.58. The minimum Gasteiger partial charge on any atom is -0.496 e. The van der Waals surface area contributed by atoms with Crippen LogP contribution in [0.25, 0.3) is 0 Å². The first kappa shape index (κ1) is 13.8. The zero-order valence-electron chi connectivity index (χ0n) is 10.6. The SMILES string of the molecule is COc1ccc(Cl)cc1CNCc1ccc(F)cc1. The molecule has 0 saturated carbocycles. The lowest BCUT2D eigenvalue weighted by atomic mass is 10.2. The van der Waals surface area contributed by atoms with Crippen LogP contribution in [0.4, 0.5) is 4.39 Å². The number of ether oxygens (including phenoxy) is 1. The number of rotatable bonds is 5. The molecule has 0 fully saturated rings. The van der Waals surface area contributed by atoms with Crippen molar-refractivity contribution in [2.45, 2.75) is 13.1 Å². The summed E-state index contributed by atoms with van der Waals surface area (Å²) in [4.78, 5) is 0. The molecule has 0 aliphatic rings. The highest BCUT2D eigenvalue weighted by Gasteiger charge is 2.03. The standard InChI is InChI=1S/C15H15ClFNO/c1-19-15-7-4-13(16)8-12(15)10-18-9-11-2-5-14(17)6-3-11/h2-8,18H,9-10H2,1H3. The molecular weight excluding hydrogens is 265 g/mol. The molecule has 0 aromatic heterocycles. The summed E-state index contributed by atoms with van der Waals surface area (Å²) in [5.41, 5.74) is 2.03. The van der Waals surface area contributed by atoms with Crippen molar-refractivity contribution in [2.75, 3.05) is 7.11 Å². The maximum absolute atomic E-state index is 12.8. The average molecular weight is 280 g/mol. The minimum atomic E-state index is -0.222. The number of hydrogen-bond acceptors (Lipinski definition) is 2. The fourth-order valence-electron chi connectivity index (χ4n) is 1.83. The van der Waals surface area contributed by atoms with Crippen molar-refractivity contribution < 1.29 is 9.13 Å². The van der Waals surface area contributed by atoms with Gasteiger partial charge in [-0.3, -0.25) is 0 Å². The molecule has 0 aliphatic heterocycles. The molecule has 0 saturated heterocycles. The molecule has 4 heteroatoms. The highest BCUT2D eigenvalue weighted by Crippen LogP contribution is 2.22. The second-order valence-corrected chi connectivity index (χ2v) is 4.62. The van der Waals surface area contributed by atoms with E-state index >= 15 is 0 Å². The van der Waals surface area contributed by atoms with Crippen molar-refractivity contribution in [3.63, 3.8) is 0 Å². The van der Waals surface area contributed by atoms with E-state index in [9.17, 15) is 4.39 Å². The van der Waals surface area contributed by atoms with Crippen LogP contribution in [0.5, 0.6) is 5.75 Å². The third-order valence-electron chi connectivity index (χ3n) is 2.80. The van der Waals surface area contributed by atoms with Crippen LogP contribution >= 0.6 is 11.6 Å². The zero-order valence-corrected chi connectivity index (χ0v) is 11.4. The summed E-state index contributed by atoms with van der Waals surface area (Å²) in [7, 11) is 1.63. The van der Waals surface area contributed by atoms with Crippen LogP contribution in [0.15, 0.2) is 42.5 Å². The van der Waals surface area contributed by atoms with Crippen molar-refractivity contribution in [3.05, 3.63) is 64.4 Å². The molecule has 0 spiro atoms. The van der Waals surface area contributed by atoms with E-state index in [1.807, 2.05) is 12.1 Å². The molecule has 2 nitrogen and oxygen atoms in total. The summed E-state index contributed by atoms with van der Waals surface area (Å²) in [5.74, 6) is 0.580. The third-order valence-corrected chi connectivity index (χ3v) is 3.04. The Morgan fingerprint density at radius 1 is 1.11 bits per heavy atom.